The van der Waals surface area contributed by atoms with Crippen LogP contribution in [0, 0.1) is 5.92 Å². The molecule has 2 amide bonds. The second kappa shape index (κ2) is 9.35. The Bertz CT molecular complexity index is 684. The van der Waals surface area contributed by atoms with E-state index in [1.165, 1.54) is 0 Å². The fourth-order valence-corrected chi connectivity index (χ4v) is 2.88. The fourth-order valence-electron chi connectivity index (χ4n) is 2.88. The van der Waals surface area contributed by atoms with Gasteiger partial charge in [0.05, 0.1) is 5.92 Å². The fraction of sp³-hybridized carbons (Fsp3) is 0.476. The van der Waals surface area contributed by atoms with E-state index in [-0.39, 0.29) is 35.8 Å². The summed E-state index contributed by atoms with van der Waals surface area (Å²) in [7, 11) is 0. The van der Waals surface area contributed by atoms with Crippen LogP contribution in [0.1, 0.15) is 39.2 Å². The van der Waals surface area contributed by atoms with Crippen molar-refractivity contribution < 1.29 is 19.1 Å². The van der Waals surface area contributed by atoms with Crippen LogP contribution in [0.2, 0.25) is 0 Å². The minimum Gasteiger partial charge on any atom is -0.455 e. The number of piperidine rings is 1. The molecule has 0 aromatic heterocycles. The van der Waals surface area contributed by atoms with Gasteiger partial charge in [-0.25, -0.2) is 0 Å². The van der Waals surface area contributed by atoms with E-state index < -0.39 is 0 Å². The maximum Gasteiger partial charge on any atom is 0.309 e. The zero-order valence-electron chi connectivity index (χ0n) is 16.2. The van der Waals surface area contributed by atoms with Crippen molar-refractivity contribution in [2.24, 2.45) is 5.92 Å². The second-order valence-corrected chi connectivity index (χ2v) is 7.75. The highest BCUT2D eigenvalue weighted by atomic mass is 16.5. The van der Waals surface area contributed by atoms with Crippen molar-refractivity contribution >= 4 is 23.9 Å². The number of rotatable bonds is 5. The molecule has 2 rings (SSSR count). The summed E-state index contributed by atoms with van der Waals surface area (Å²) in [6, 6.07) is 9.63. The molecule has 1 aromatic rings. The van der Waals surface area contributed by atoms with Crippen LogP contribution < -0.4 is 5.32 Å². The summed E-state index contributed by atoms with van der Waals surface area (Å²) in [4.78, 5) is 37.9. The first-order valence-corrected chi connectivity index (χ1v) is 9.24. The topological polar surface area (TPSA) is 75.7 Å². The third-order valence-electron chi connectivity index (χ3n) is 4.22. The zero-order valence-corrected chi connectivity index (χ0v) is 16.2. The molecule has 1 saturated heterocycles. The number of ether oxygens (including phenoxy) is 1. The summed E-state index contributed by atoms with van der Waals surface area (Å²) < 4.78 is 5.12. The van der Waals surface area contributed by atoms with Gasteiger partial charge < -0.3 is 15.0 Å². The van der Waals surface area contributed by atoms with Crippen LogP contribution >= 0.6 is 0 Å². The first kappa shape index (κ1) is 20.7. The van der Waals surface area contributed by atoms with Gasteiger partial charge in [-0.2, -0.15) is 0 Å². The van der Waals surface area contributed by atoms with Crippen molar-refractivity contribution in [3.63, 3.8) is 0 Å². The summed E-state index contributed by atoms with van der Waals surface area (Å²) in [5.74, 6) is -1.01. The molecule has 0 unspecified atom stereocenters. The van der Waals surface area contributed by atoms with Gasteiger partial charge in [-0.1, -0.05) is 30.3 Å². The smallest absolute Gasteiger partial charge is 0.309 e. The molecule has 1 fully saturated rings. The third kappa shape index (κ3) is 7.25. The highest BCUT2D eigenvalue weighted by Gasteiger charge is 2.28. The molecular formula is C21H28N2O4. The Balaban J connectivity index is 1.74. The molecule has 0 bridgehead atoms. The summed E-state index contributed by atoms with van der Waals surface area (Å²) in [6.45, 7) is 6.34. The lowest BCUT2D eigenvalue weighted by Crippen LogP contribution is -2.43. The average molecular weight is 372 g/mol. The van der Waals surface area contributed by atoms with Crippen LogP contribution in [0.5, 0.6) is 0 Å². The van der Waals surface area contributed by atoms with E-state index in [9.17, 15) is 14.4 Å². The summed E-state index contributed by atoms with van der Waals surface area (Å²) >= 11 is 0. The maximum atomic E-state index is 12.3. The number of hydrogen-bond donors (Lipinski definition) is 1. The molecule has 146 valence electrons. The number of carbonyl (C=O) groups is 3. The molecule has 0 aliphatic carbocycles. The van der Waals surface area contributed by atoms with Crippen molar-refractivity contribution in [1.29, 1.82) is 0 Å². The normalized spacial score (nSPS) is 15.6. The van der Waals surface area contributed by atoms with Crippen molar-refractivity contribution in [3.05, 3.63) is 42.0 Å². The first-order chi connectivity index (χ1) is 12.7. The monoisotopic (exact) mass is 372 g/mol. The number of esters is 1. The largest absolute Gasteiger partial charge is 0.455 e. The Morgan fingerprint density at radius 3 is 2.37 bits per heavy atom. The molecule has 0 radical (unpaired) electrons. The SMILES string of the molecule is CC(C)(C)NC(=O)COC(=O)C1CCN(C(=O)/C=C/c2ccccc2)CC1. The van der Waals surface area contributed by atoms with E-state index in [2.05, 4.69) is 5.32 Å². The lowest BCUT2D eigenvalue weighted by atomic mass is 9.97. The number of likely N-dealkylation sites (tertiary alicyclic amines) is 1. The second-order valence-electron chi connectivity index (χ2n) is 7.75. The molecule has 1 N–H and O–H groups in total. The van der Waals surface area contributed by atoms with Crippen molar-refractivity contribution in [1.82, 2.24) is 10.2 Å². The van der Waals surface area contributed by atoms with E-state index in [1.807, 2.05) is 51.1 Å². The molecular weight excluding hydrogens is 344 g/mol. The number of carbonyl (C=O) groups excluding carboxylic acids is 3. The van der Waals surface area contributed by atoms with Gasteiger partial charge in [0.25, 0.3) is 5.91 Å². The summed E-state index contributed by atoms with van der Waals surface area (Å²) in [5.41, 5.74) is 0.612. The summed E-state index contributed by atoms with van der Waals surface area (Å²) in [5, 5.41) is 2.75. The Morgan fingerprint density at radius 2 is 1.78 bits per heavy atom. The van der Waals surface area contributed by atoms with Crippen molar-refractivity contribution in [2.75, 3.05) is 19.7 Å². The highest BCUT2D eigenvalue weighted by molar-refractivity contribution is 5.92. The molecule has 0 atom stereocenters. The van der Waals surface area contributed by atoms with Gasteiger partial charge in [0.2, 0.25) is 5.91 Å². The lowest BCUT2D eigenvalue weighted by molar-refractivity contribution is -0.155. The van der Waals surface area contributed by atoms with Crippen LogP contribution in [0.3, 0.4) is 0 Å². The molecule has 6 heteroatoms. The van der Waals surface area contributed by atoms with Crippen molar-refractivity contribution in [2.45, 2.75) is 39.2 Å². The molecule has 1 aliphatic heterocycles. The first-order valence-electron chi connectivity index (χ1n) is 9.24. The minimum atomic E-state index is -0.369. The predicted molar refractivity (Wildman–Crippen MR) is 104 cm³/mol. The number of hydrogen-bond acceptors (Lipinski definition) is 4. The zero-order chi connectivity index (χ0) is 19.9. The van der Waals surface area contributed by atoms with Gasteiger partial charge >= 0.3 is 5.97 Å². The van der Waals surface area contributed by atoms with E-state index >= 15 is 0 Å². The van der Waals surface area contributed by atoms with Gasteiger partial charge in [-0.05, 0) is 45.3 Å². The quantitative estimate of drug-likeness (QED) is 0.636. The Kier molecular flexibility index (Phi) is 7.16. The maximum absolute atomic E-state index is 12.3. The number of amides is 2. The minimum absolute atomic E-state index is 0.0600. The standard InChI is InChI=1S/C21H28N2O4/c1-21(2,3)22-18(24)15-27-20(26)17-11-13-23(14-12-17)19(25)10-9-16-7-5-4-6-8-16/h4-10,17H,11-15H2,1-3H3,(H,22,24)/b10-9+. The van der Waals surface area contributed by atoms with Gasteiger partial charge in [-0.15, -0.1) is 0 Å². The van der Waals surface area contributed by atoms with E-state index in [1.54, 1.807) is 17.1 Å². The number of nitrogens with zero attached hydrogens (tertiary/aromatic N) is 1. The van der Waals surface area contributed by atoms with Gasteiger partial charge in [-0.3, -0.25) is 14.4 Å². The molecule has 1 aliphatic rings. The Labute approximate surface area is 160 Å². The van der Waals surface area contributed by atoms with E-state index in [4.69, 9.17) is 4.74 Å². The molecule has 1 heterocycles. The average Bonchev–Trinajstić information content (AvgIpc) is 2.64. The molecule has 0 saturated carbocycles. The molecule has 27 heavy (non-hydrogen) atoms. The highest BCUT2D eigenvalue weighted by Crippen LogP contribution is 2.19. The van der Waals surface area contributed by atoms with Gasteiger partial charge in [0.15, 0.2) is 6.61 Å². The van der Waals surface area contributed by atoms with Gasteiger partial charge in [0.1, 0.15) is 0 Å². The van der Waals surface area contributed by atoms with Crippen LogP contribution in [0.15, 0.2) is 36.4 Å². The lowest BCUT2D eigenvalue weighted by Gasteiger charge is -2.30. The number of benzene rings is 1. The molecule has 1 aromatic carbocycles. The molecule has 6 nitrogen and oxygen atoms in total. The Morgan fingerprint density at radius 1 is 1.15 bits per heavy atom. The van der Waals surface area contributed by atoms with Crippen LogP contribution in [-0.2, 0) is 19.1 Å². The number of nitrogens with one attached hydrogen (secondary N) is 1. The van der Waals surface area contributed by atoms with Crippen molar-refractivity contribution in [3.8, 4) is 0 Å². The predicted octanol–water partition coefficient (Wildman–Crippen LogP) is 2.40. The summed E-state index contributed by atoms with van der Waals surface area (Å²) in [6.07, 6.45) is 4.44. The van der Waals surface area contributed by atoms with Crippen LogP contribution in [0.25, 0.3) is 6.08 Å². The van der Waals surface area contributed by atoms with E-state index in [0.717, 1.165) is 5.56 Å². The van der Waals surface area contributed by atoms with E-state index in [0.29, 0.717) is 25.9 Å². The van der Waals surface area contributed by atoms with Gasteiger partial charge in [0, 0.05) is 24.7 Å². The van der Waals surface area contributed by atoms with Crippen LogP contribution in [0.4, 0.5) is 0 Å². The van der Waals surface area contributed by atoms with Crippen LogP contribution in [-0.4, -0.2) is 47.9 Å². The third-order valence-corrected chi connectivity index (χ3v) is 4.22. The molecule has 0 spiro atoms. The Hall–Kier alpha value is -2.63.